The van der Waals surface area contributed by atoms with Crippen molar-refractivity contribution in [2.75, 3.05) is 0 Å². The highest BCUT2D eigenvalue weighted by Crippen LogP contribution is 2.34. The second-order valence-electron chi connectivity index (χ2n) is 4.71. The quantitative estimate of drug-likeness (QED) is 0.546. The summed E-state index contributed by atoms with van der Waals surface area (Å²) in [5.41, 5.74) is 3.20. The van der Waals surface area contributed by atoms with Gasteiger partial charge in [-0.05, 0) is 17.7 Å². The van der Waals surface area contributed by atoms with E-state index in [9.17, 15) is 0 Å². The zero-order chi connectivity index (χ0) is 14.5. The molecule has 3 aromatic carbocycles. The number of benzene rings is 3. The Morgan fingerprint density at radius 1 is 0.667 bits per heavy atom. The van der Waals surface area contributed by atoms with E-state index in [-0.39, 0.29) is 0 Å². The van der Waals surface area contributed by atoms with Crippen LogP contribution in [0.15, 0.2) is 78.9 Å². The number of para-hydroxylation sites is 2. The van der Waals surface area contributed by atoms with Crippen LogP contribution in [0.4, 0.5) is 0 Å². The Hall–Kier alpha value is -2.25. The summed E-state index contributed by atoms with van der Waals surface area (Å²) in [4.78, 5) is 0. The van der Waals surface area contributed by atoms with Crippen LogP contribution in [-0.4, -0.2) is 0 Å². The van der Waals surface area contributed by atoms with Crippen molar-refractivity contribution >= 4 is 11.6 Å². The Labute approximate surface area is 129 Å². The number of hydrogen-bond acceptors (Lipinski definition) is 1. The lowest BCUT2D eigenvalue weighted by Crippen LogP contribution is -1.91. The van der Waals surface area contributed by atoms with E-state index in [4.69, 9.17) is 16.3 Å². The molecule has 0 radical (unpaired) electrons. The van der Waals surface area contributed by atoms with E-state index in [0.29, 0.717) is 5.88 Å². The third-order valence-electron chi connectivity index (χ3n) is 3.31. The molecule has 0 amide bonds. The van der Waals surface area contributed by atoms with Crippen LogP contribution in [0.3, 0.4) is 0 Å². The topological polar surface area (TPSA) is 9.23 Å². The van der Waals surface area contributed by atoms with Gasteiger partial charge in [0.2, 0.25) is 0 Å². The zero-order valence-electron chi connectivity index (χ0n) is 11.5. The van der Waals surface area contributed by atoms with Gasteiger partial charge in [0.25, 0.3) is 0 Å². The van der Waals surface area contributed by atoms with Gasteiger partial charge in [-0.3, -0.25) is 0 Å². The van der Waals surface area contributed by atoms with Crippen LogP contribution in [-0.2, 0) is 5.88 Å². The summed E-state index contributed by atoms with van der Waals surface area (Å²) in [6.45, 7) is 0. The molecular formula is C19H15ClO. The van der Waals surface area contributed by atoms with Crippen LogP contribution in [0.1, 0.15) is 5.56 Å². The fourth-order valence-corrected chi connectivity index (χ4v) is 2.46. The number of hydrogen-bond donors (Lipinski definition) is 0. The van der Waals surface area contributed by atoms with Crippen molar-refractivity contribution in [2.45, 2.75) is 5.88 Å². The van der Waals surface area contributed by atoms with Crippen LogP contribution in [0.5, 0.6) is 11.5 Å². The van der Waals surface area contributed by atoms with Gasteiger partial charge < -0.3 is 4.74 Å². The Morgan fingerprint density at radius 2 is 1.29 bits per heavy atom. The van der Waals surface area contributed by atoms with Gasteiger partial charge in [-0.1, -0.05) is 66.7 Å². The molecule has 0 aliphatic heterocycles. The van der Waals surface area contributed by atoms with E-state index in [0.717, 1.165) is 28.2 Å². The first-order valence-electron chi connectivity index (χ1n) is 6.84. The maximum absolute atomic E-state index is 6.10. The average molecular weight is 295 g/mol. The van der Waals surface area contributed by atoms with Gasteiger partial charge >= 0.3 is 0 Å². The summed E-state index contributed by atoms with van der Waals surface area (Å²) in [7, 11) is 0. The van der Waals surface area contributed by atoms with Crippen LogP contribution in [0.25, 0.3) is 11.1 Å². The second-order valence-corrected chi connectivity index (χ2v) is 4.97. The average Bonchev–Trinajstić information content (AvgIpc) is 2.57. The molecule has 1 nitrogen and oxygen atoms in total. The van der Waals surface area contributed by atoms with Crippen molar-refractivity contribution in [3.63, 3.8) is 0 Å². The molecule has 0 aromatic heterocycles. The fraction of sp³-hybridized carbons (Fsp3) is 0.0526. The largest absolute Gasteiger partial charge is 0.456 e. The standard InChI is InChI=1S/C19H15ClO/c20-14-16-10-4-6-12-18(16)21-19-13-7-5-11-17(19)15-8-2-1-3-9-15/h1-13H,14H2. The molecule has 0 saturated heterocycles. The number of halogens is 1. The number of ether oxygens (including phenoxy) is 1. The lowest BCUT2D eigenvalue weighted by molar-refractivity contribution is 0.480. The summed E-state index contributed by atoms with van der Waals surface area (Å²) in [5.74, 6) is 2.07. The molecule has 0 bridgehead atoms. The monoisotopic (exact) mass is 294 g/mol. The van der Waals surface area contributed by atoms with E-state index < -0.39 is 0 Å². The molecule has 0 saturated carbocycles. The van der Waals surface area contributed by atoms with E-state index in [1.807, 2.05) is 60.7 Å². The maximum Gasteiger partial charge on any atom is 0.135 e. The van der Waals surface area contributed by atoms with E-state index in [1.54, 1.807) is 0 Å². The summed E-state index contributed by atoms with van der Waals surface area (Å²) in [6.07, 6.45) is 0. The molecule has 21 heavy (non-hydrogen) atoms. The molecule has 2 heteroatoms. The normalized spacial score (nSPS) is 10.3. The van der Waals surface area contributed by atoms with Crippen molar-refractivity contribution in [3.05, 3.63) is 84.4 Å². The minimum absolute atomic E-state index is 0.434. The van der Waals surface area contributed by atoms with Crippen molar-refractivity contribution in [1.29, 1.82) is 0 Å². The molecule has 0 unspecified atom stereocenters. The highest BCUT2D eigenvalue weighted by Gasteiger charge is 2.08. The van der Waals surface area contributed by atoms with E-state index in [2.05, 4.69) is 18.2 Å². The molecule has 0 heterocycles. The van der Waals surface area contributed by atoms with Gasteiger partial charge in [-0.2, -0.15) is 0 Å². The Bertz CT molecular complexity index is 722. The molecule has 0 N–H and O–H groups in total. The zero-order valence-corrected chi connectivity index (χ0v) is 12.3. The van der Waals surface area contributed by atoms with E-state index in [1.165, 1.54) is 0 Å². The molecule has 0 atom stereocenters. The Balaban J connectivity index is 2.00. The number of alkyl halides is 1. The van der Waals surface area contributed by atoms with Crippen molar-refractivity contribution in [1.82, 2.24) is 0 Å². The van der Waals surface area contributed by atoms with E-state index >= 15 is 0 Å². The maximum atomic E-state index is 6.10. The van der Waals surface area contributed by atoms with Crippen molar-refractivity contribution in [2.24, 2.45) is 0 Å². The van der Waals surface area contributed by atoms with Crippen LogP contribution >= 0.6 is 11.6 Å². The summed E-state index contributed by atoms with van der Waals surface area (Å²) < 4.78 is 6.10. The van der Waals surface area contributed by atoms with Gasteiger partial charge in [-0.25, -0.2) is 0 Å². The molecule has 0 spiro atoms. The summed E-state index contributed by atoms with van der Waals surface area (Å²) >= 11 is 5.98. The first kappa shape index (κ1) is 13.7. The van der Waals surface area contributed by atoms with Crippen LogP contribution in [0.2, 0.25) is 0 Å². The molecular weight excluding hydrogens is 280 g/mol. The molecule has 104 valence electrons. The highest BCUT2D eigenvalue weighted by atomic mass is 35.5. The first-order chi connectivity index (χ1) is 10.4. The smallest absolute Gasteiger partial charge is 0.135 e. The minimum Gasteiger partial charge on any atom is -0.456 e. The third kappa shape index (κ3) is 3.09. The van der Waals surface area contributed by atoms with Gasteiger partial charge in [-0.15, -0.1) is 11.6 Å². The van der Waals surface area contributed by atoms with Crippen molar-refractivity contribution in [3.8, 4) is 22.6 Å². The molecule has 0 fully saturated rings. The fourth-order valence-electron chi connectivity index (χ4n) is 2.24. The first-order valence-corrected chi connectivity index (χ1v) is 7.38. The second kappa shape index (κ2) is 6.47. The molecule has 3 aromatic rings. The molecule has 0 aliphatic carbocycles. The lowest BCUT2D eigenvalue weighted by Gasteiger charge is -2.13. The molecule has 0 aliphatic rings. The SMILES string of the molecule is ClCc1ccccc1Oc1ccccc1-c1ccccc1. The van der Waals surface area contributed by atoms with Gasteiger partial charge in [0, 0.05) is 11.1 Å². The Morgan fingerprint density at radius 3 is 2.05 bits per heavy atom. The summed E-state index contributed by atoms with van der Waals surface area (Å²) in [5, 5.41) is 0. The minimum atomic E-state index is 0.434. The van der Waals surface area contributed by atoms with Crippen LogP contribution in [0, 0.1) is 0 Å². The van der Waals surface area contributed by atoms with Crippen LogP contribution < -0.4 is 4.74 Å². The predicted molar refractivity (Wildman–Crippen MR) is 88.0 cm³/mol. The Kier molecular flexibility index (Phi) is 4.23. The number of rotatable bonds is 4. The van der Waals surface area contributed by atoms with Gasteiger partial charge in [0.05, 0.1) is 5.88 Å². The van der Waals surface area contributed by atoms with Crippen molar-refractivity contribution < 1.29 is 4.74 Å². The predicted octanol–water partition coefficient (Wildman–Crippen LogP) is 5.88. The highest BCUT2D eigenvalue weighted by molar-refractivity contribution is 6.17. The van der Waals surface area contributed by atoms with Gasteiger partial charge in [0.1, 0.15) is 11.5 Å². The third-order valence-corrected chi connectivity index (χ3v) is 3.60. The van der Waals surface area contributed by atoms with Gasteiger partial charge in [0.15, 0.2) is 0 Å². The summed E-state index contributed by atoms with van der Waals surface area (Å²) in [6, 6.07) is 26.1. The molecule has 3 rings (SSSR count). The lowest BCUT2D eigenvalue weighted by atomic mass is 10.0.